The number of halogens is 1. The molecule has 0 bridgehead atoms. The smallest absolute Gasteiger partial charge is 0.338 e. The molecular weight excluding hydrogens is 310 g/mol. The van der Waals surface area contributed by atoms with E-state index in [-0.39, 0.29) is 12.1 Å². The van der Waals surface area contributed by atoms with Crippen molar-refractivity contribution in [1.82, 2.24) is 0 Å². The zero-order valence-electron chi connectivity index (χ0n) is 14.8. The van der Waals surface area contributed by atoms with Crippen molar-refractivity contribution < 1.29 is 14.0 Å². The fourth-order valence-electron chi connectivity index (χ4n) is 3.38. The molecule has 130 valence electrons. The van der Waals surface area contributed by atoms with Gasteiger partial charge >= 0.3 is 5.97 Å². The van der Waals surface area contributed by atoms with Crippen molar-refractivity contribution in [3.63, 3.8) is 0 Å². The number of quaternary nitrogens is 1. The van der Waals surface area contributed by atoms with E-state index in [1.165, 1.54) is 0 Å². The summed E-state index contributed by atoms with van der Waals surface area (Å²) in [6.45, 7) is 10.8. The molecule has 0 radical (unpaired) electrons. The number of alkyl halides is 1. The van der Waals surface area contributed by atoms with Gasteiger partial charge in [-0.2, -0.15) is 0 Å². The van der Waals surface area contributed by atoms with Gasteiger partial charge in [0.2, 0.25) is 0 Å². The van der Waals surface area contributed by atoms with E-state index in [1.54, 1.807) is 12.1 Å². The fraction of sp³-hybridized carbons (Fsp3) is 0.632. The van der Waals surface area contributed by atoms with Gasteiger partial charge in [0.1, 0.15) is 6.54 Å². The number of nitrogens with zero attached hydrogens (tertiary/aromatic N) is 1. The highest BCUT2D eigenvalue weighted by Crippen LogP contribution is 2.16. The molecule has 1 unspecified atom stereocenters. The van der Waals surface area contributed by atoms with Crippen LogP contribution in [-0.4, -0.2) is 48.6 Å². The van der Waals surface area contributed by atoms with Crippen molar-refractivity contribution in [2.45, 2.75) is 46.1 Å². The van der Waals surface area contributed by atoms with Gasteiger partial charge in [0.15, 0.2) is 6.10 Å². The molecule has 0 aliphatic heterocycles. The van der Waals surface area contributed by atoms with Crippen molar-refractivity contribution >= 4 is 17.6 Å². The third kappa shape index (κ3) is 6.52. The van der Waals surface area contributed by atoms with Gasteiger partial charge in [0.05, 0.1) is 31.1 Å². The van der Waals surface area contributed by atoms with Crippen molar-refractivity contribution in [2.75, 3.05) is 32.1 Å². The monoisotopic (exact) mass is 340 g/mol. The van der Waals surface area contributed by atoms with Crippen molar-refractivity contribution in [2.24, 2.45) is 0 Å². The number of rotatable bonds is 11. The highest BCUT2D eigenvalue weighted by molar-refractivity contribution is 6.18. The van der Waals surface area contributed by atoms with E-state index in [0.29, 0.717) is 11.4 Å². The van der Waals surface area contributed by atoms with Gasteiger partial charge in [-0.15, -0.1) is 11.6 Å². The summed E-state index contributed by atoms with van der Waals surface area (Å²) in [5, 5.41) is 0. The molecule has 0 amide bonds. The van der Waals surface area contributed by atoms with Crippen LogP contribution < -0.4 is 0 Å². The first-order chi connectivity index (χ1) is 11.1. The Morgan fingerprint density at radius 3 is 2.00 bits per heavy atom. The highest BCUT2D eigenvalue weighted by atomic mass is 35.5. The Labute approximate surface area is 146 Å². The molecule has 3 nitrogen and oxygen atoms in total. The van der Waals surface area contributed by atoms with Gasteiger partial charge in [-0.05, 0) is 31.4 Å². The summed E-state index contributed by atoms with van der Waals surface area (Å²) in [6, 6.07) is 9.14. The summed E-state index contributed by atoms with van der Waals surface area (Å²) in [6.07, 6.45) is 3.14. The first kappa shape index (κ1) is 20.0. The normalized spacial score (nSPS) is 12.9. The predicted octanol–water partition coefficient (Wildman–Crippen LogP) is 4.50. The number of hydrogen-bond acceptors (Lipinski definition) is 2. The van der Waals surface area contributed by atoms with Crippen LogP contribution in [0.5, 0.6) is 0 Å². The van der Waals surface area contributed by atoms with Gasteiger partial charge in [0, 0.05) is 0 Å². The van der Waals surface area contributed by atoms with E-state index >= 15 is 0 Å². The second-order valence-electron chi connectivity index (χ2n) is 6.24. The Morgan fingerprint density at radius 2 is 1.57 bits per heavy atom. The Hall–Kier alpha value is -1.06. The molecule has 23 heavy (non-hydrogen) atoms. The number of carbonyl (C=O) groups excluding carboxylic acids is 1. The third-order valence-electron chi connectivity index (χ3n) is 4.14. The topological polar surface area (TPSA) is 26.3 Å². The van der Waals surface area contributed by atoms with Crippen LogP contribution in [0.3, 0.4) is 0 Å². The first-order valence-electron chi connectivity index (χ1n) is 8.77. The molecule has 4 heteroatoms. The molecule has 0 aliphatic rings. The minimum atomic E-state index is -0.279. The van der Waals surface area contributed by atoms with Gasteiger partial charge in [-0.25, -0.2) is 4.79 Å². The molecule has 0 N–H and O–H groups in total. The maximum absolute atomic E-state index is 12.3. The lowest BCUT2D eigenvalue weighted by Gasteiger charge is -2.40. The zero-order valence-corrected chi connectivity index (χ0v) is 15.5. The van der Waals surface area contributed by atoms with Crippen LogP contribution in [0.4, 0.5) is 0 Å². The number of esters is 1. The molecule has 0 saturated heterocycles. The Bertz CT molecular complexity index is 433. The van der Waals surface area contributed by atoms with Crippen LogP contribution in [-0.2, 0) is 4.74 Å². The summed E-state index contributed by atoms with van der Waals surface area (Å²) in [5.74, 6) is 0.0641. The predicted molar refractivity (Wildman–Crippen MR) is 97.0 cm³/mol. The largest absolute Gasteiger partial charge is 0.451 e. The van der Waals surface area contributed by atoms with E-state index in [0.717, 1.165) is 49.9 Å². The van der Waals surface area contributed by atoms with E-state index in [4.69, 9.17) is 16.3 Å². The maximum atomic E-state index is 12.3. The first-order valence-corrected chi connectivity index (χ1v) is 9.31. The van der Waals surface area contributed by atoms with E-state index in [9.17, 15) is 4.79 Å². The van der Waals surface area contributed by atoms with Gasteiger partial charge in [0.25, 0.3) is 0 Å². The van der Waals surface area contributed by atoms with Gasteiger partial charge < -0.3 is 9.22 Å². The molecule has 0 saturated carbocycles. The second kappa shape index (κ2) is 10.7. The minimum Gasteiger partial charge on any atom is -0.451 e. The SMILES string of the molecule is CCC[N+](CCC)(CCC)CC(CCl)OC(=O)c1ccccc1. The number of ether oxygens (including phenoxy) is 1. The lowest BCUT2D eigenvalue weighted by atomic mass is 10.2. The van der Waals surface area contributed by atoms with Crippen molar-refractivity contribution in [3.8, 4) is 0 Å². The molecule has 1 atom stereocenters. The van der Waals surface area contributed by atoms with Gasteiger partial charge in [-0.3, -0.25) is 0 Å². The fourth-order valence-corrected chi connectivity index (χ4v) is 3.54. The van der Waals surface area contributed by atoms with Crippen LogP contribution >= 0.6 is 11.6 Å². The third-order valence-corrected chi connectivity index (χ3v) is 4.48. The Kier molecular flexibility index (Phi) is 9.27. The molecule has 1 aromatic rings. The maximum Gasteiger partial charge on any atom is 0.338 e. The van der Waals surface area contributed by atoms with Crippen LogP contribution in [0.2, 0.25) is 0 Å². The molecule has 1 aromatic carbocycles. The van der Waals surface area contributed by atoms with Crippen molar-refractivity contribution in [3.05, 3.63) is 35.9 Å². The average Bonchev–Trinajstić information content (AvgIpc) is 2.55. The number of hydrogen-bond donors (Lipinski definition) is 0. The summed E-state index contributed by atoms with van der Waals surface area (Å²) >= 11 is 6.12. The minimum absolute atomic E-state index is 0.242. The molecule has 0 aromatic heterocycles. The standard InChI is InChI=1S/C19H31ClNO2/c1-4-12-21(13-5-2,14-6-3)16-18(15-20)23-19(22)17-10-8-7-9-11-17/h7-11,18H,4-6,12-16H2,1-3H3/q+1. The van der Waals surface area contributed by atoms with Crippen LogP contribution in [0.15, 0.2) is 30.3 Å². The summed E-state index contributed by atoms with van der Waals surface area (Å²) in [7, 11) is 0. The van der Waals surface area contributed by atoms with Gasteiger partial charge in [-0.1, -0.05) is 39.0 Å². The summed E-state index contributed by atoms with van der Waals surface area (Å²) in [4.78, 5) is 12.3. The number of benzene rings is 1. The molecule has 0 spiro atoms. The second-order valence-corrected chi connectivity index (χ2v) is 6.55. The number of carbonyl (C=O) groups is 1. The van der Waals surface area contributed by atoms with E-state index < -0.39 is 0 Å². The molecular formula is C19H31ClNO2+. The Balaban J connectivity index is 2.79. The van der Waals surface area contributed by atoms with Crippen LogP contribution in [0, 0.1) is 0 Å². The van der Waals surface area contributed by atoms with E-state index in [1.807, 2.05) is 18.2 Å². The molecule has 0 heterocycles. The lowest BCUT2D eigenvalue weighted by molar-refractivity contribution is -0.930. The van der Waals surface area contributed by atoms with Crippen molar-refractivity contribution in [1.29, 1.82) is 0 Å². The average molecular weight is 341 g/mol. The molecule has 1 rings (SSSR count). The van der Waals surface area contributed by atoms with Crippen LogP contribution in [0.1, 0.15) is 50.4 Å². The molecule has 0 fully saturated rings. The van der Waals surface area contributed by atoms with E-state index in [2.05, 4.69) is 20.8 Å². The molecule has 0 aliphatic carbocycles. The zero-order chi connectivity index (χ0) is 17.1. The Morgan fingerprint density at radius 1 is 1.04 bits per heavy atom. The quantitative estimate of drug-likeness (QED) is 0.337. The highest BCUT2D eigenvalue weighted by Gasteiger charge is 2.30. The lowest BCUT2D eigenvalue weighted by Crippen LogP contribution is -2.54. The van der Waals surface area contributed by atoms with Crippen LogP contribution in [0.25, 0.3) is 0 Å². The summed E-state index contributed by atoms with van der Waals surface area (Å²) < 4.78 is 6.68. The summed E-state index contributed by atoms with van der Waals surface area (Å²) in [5.41, 5.74) is 0.585.